The summed E-state index contributed by atoms with van der Waals surface area (Å²) in [5.74, 6) is 0.695. The van der Waals surface area contributed by atoms with Crippen molar-refractivity contribution in [2.75, 3.05) is 24.9 Å². The van der Waals surface area contributed by atoms with Crippen LogP contribution in [0.5, 0.6) is 0 Å². The van der Waals surface area contributed by atoms with E-state index in [1.165, 1.54) is 17.0 Å². The molecule has 0 saturated heterocycles. The van der Waals surface area contributed by atoms with Gasteiger partial charge >= 0.3 is 0 Å². The number of fused-ring (bicyclic) bond motifs is 3. The van der Waals surface area contributed by atoms with E-state index in [4.69, 9.17) is 11.6 Å². The maximum absolute atomic E-state index is 13.4. The molecule has 2 heterocycles. The van der Waals surface area contributed by atoms with E-state index in [2.05, 4.69) is 21.3 Å². The van der Waals surface area contributed by atoms with E-state index in [0.717, 1.165) is 23.4 Å². The molecule has 0 radical (unpaired) electrons. The van der Waals surface area contributed by atoms with Gasteiger partial charge < -0.3 is 0 Å². The largest absolute Gasteiger partial charge is 0.280 e. The van der Waals surface area contributed by atoms with Crippen LogP contribution in [0, 0.1) is 5.82 Å². The highest BCUT2D eigenvalue weighted by Gasteiger charge is 2.54. The Morgan fingerprint density at radius 3 is 2.72 bits per heavy atom. The van der Waals surface area contributed by atoms with Crippen LogP contribution in [0.2, 0.25) is 5.02 Å². The van der Waals surface area contributed by atoms with Crippen molar-refractivity contribution in [1.29, 1.82) is 0 Å². The first-order valence-corrected chi connectivity index (χ1v) is 9.46. The maximum atomic E-state index is 13.4. The molecule has 2 aliphatic heterocycles. The summed E-state index contributed by atoms with van der Waals surface area (Å²) in [4.78, 5) is 3.32. The summed E-state index contributed by atoms with van der Waals surface area (Å²) in [7, 11) is 4.06. The van der Waals surface area contributed by atoms with Crippen LogP contribution >= 0.6 is 23.4 Å². The Morgan fingerprint density at radius 1 is 1.24 bits per heavy atom. The molecule has 4 rings (SSSR count). The summed E-state index contributed by atoms with van der Waals surface area (Å²) in [5, 5.41) is 11.7. The number of benzene rings is 2. The van der Waals surface area contributed by atoms with E-state index in [1.807, 2.05) is 43.0 Å². The third kappa shape index (κ3) is 2.55. The van der Waals surface area contributed by atoms with Crippen molar-refractivity contribution >= 4 is 29.1 Å². The van der Waals surface area contributed by atoms with Crippen LogP contribution in [0.1, 0.15) is 12.0 Å². The zero-order chi connectivity index (χ0) is 17.6. The lowest BCUT2D eigenvalue weighted by molar-refractivity contribution is 0.128. The standard InChI is InChI=1S/C18H18ClFN4S/c1-23(2)18-15-11-12(19)3-8-16(15)25-10-9-17(18)21-22-24(18)14-6-4-13(20)5-7-14/h3-8,11,17H,9-10H2,1-2H3. The highest BCUT2D eigenvalue weighted by molar-refractivity contribution is 7.99. The topological polar surface area (TPSA) is 31.2 Å². The van der Waals surface area contributed by atoms with Gasteiger partial charge in [0.1, 0.15) is 11.9 Å². The molecule has 7 heteroatoms. The Balaban J connectivity index is 1.95. The molecular weight excluding hydrogens is 359 g/mol. The van der Waals surface area contributed by atoms with Crippen LogP contribution in [0.25, 0.3) is 0 Å². The van der Waals surface area contributed by atoms with Crippen LogP contribution in [0.4, 0.5) is 10.1 Å². The monoisotopic (exact) mass is 376 g/mol. The Kier molecular flexibility index (Phi) is 4.22. The number of rotatable bonds is 2. The second-order valence-electron chi connectivity index (χ2n) is 6.41. The molecule has 2 aromatic carbocycles. The smallest absolute Gasteiger partial charge is 0.168 e. The van der Waals surface area contributed by atoms with E-state index in [0.29, 0.717) is 5.02 Å². The molecule has 0 bridgehead atoms. The average molecular weight is 377 g/mol. The quantitative estimate of drug-likeness (QED) is 0.743. The van der Waals surface area contributed by atoms with Gasteiger partial charge in [-0.15, -0.1) is 11.8 Å². The van der Waals surface area contributed by atoms with Gasteiger partial charge in [-0.25, -0.2) is 9.40 Å². The normalized spacial score (nSPS) is 25.0. The predicted octanol–water partition coefficient (Wildman–Crippen LogP) is 4.95. The van der Waals surface area contributed by atoms with Crippen LogP contribution in [-0.2, 0) is 5.66 Å². The summed E-state index contributed by atoms with van der Waals surface area (Å²) in [6.07, 6.45) is 0.899. The Morgan fingerprint density at radius 2 is 2.00 bits per heavy atom. The van der Waals surface area contributed by atoms with Gasteiger partial charge in [-0.1, -0.05) is 16.8 Å². The fourth-order valence-corrected chi connectivity index (χ4v) is 4.97. The molecule has 0 fully saturated rings. The summed E-state index contributed by atoms with van der Waals surface area (Å²) in [5.41, 5.74) is 1.31. The van der Waals surface area contributed by atoms with Gasteiger partial charge in [0.2, 0.25) is 0 Å². The van der Waals surface area contributed by atoms with Crippen LogP contribution in [0.3, 0.4) is 0 Å². The summed E-state index contributed by atoms with van der Waals surface area (Å²) < 4.78 is 13.4. The maximum Gasteiger partial charge on any atom is 0.168 e. The second kappa shape index (κ2) is 6.27. The van der Waals surface area contributed by atoms with Crippen molar-refractivity contribution < 1.29 is 4.39 Å². The van der Waals surface area contributed by atoms with E-state index < -0.39 is 5.66 Å². The predicted molar refractivity (Wildman–Crippen MR) is 99.7 cm³/mol. The van der Waals surface area contributed by atoms with Gasteiger partial charge in [0.05, 0.1) is 5.69 Å². The highest BCUT2D eigenvalue weighted by Crippen LogP contribution is 2.50. The molecule has 0 amide bonds. The zero-order valence-electron chi connectivity index (χ0n) is 14.0. The van der Waals surface area contributed by atoms with Gasteiger partial charge in [0, 0.05) is 21.2 Å². The molecular formula is C18H18ClFN4S. The minimum atomic E-state index is -0.582. The zero-order valence-corrected chi connectivity index (χ0v) is 15.6. The van der Waals surface area contributed by atoms with Crippen LogP contribution in [-0.4, -0.2) is 30.8 Å². The molecule has 130 valence electrons. The molecule has 0 aromatic heterocycles. The summed E-state index contributed by atoms with van der Waals surface area (Å²) in [6.45, 7) is 0. The molecule has 0 N–H and O–H groups in total. The first-order chi connectivity index (χ1) is 12.0. The Bertz CT molecular complexity index is 826. The first-order valence-electron chi connectivity index (χ1n) is 8.10. The van der Waals surface area contributed by atoms with Crippen molar-refractivity contribution in [2.45, 2.75) is 23.0 Å². The number of anilines is 1. The molecule has 0 saturated carbocycles. The molecule has 4 nitrogen and oxygen atoms in total. The SMILES string of the molecule is CN(C)C12c3cc(Cl)ccc3SCCC1N=NN2c1ccc(F)cc1. The minimum Gasteiger partial charge on any atom is -0.280 e. The van der Waals surface area contributed by atoms with E-state index in [1.54, 1.807) is 12.1 Å². The molecule has 2 aliphatic rings. The van der Waals surface area contributed by atoms with E-state index >= 15 is 0 Å². The van der Waals surface area contributed by atoms with Crippen molar-refractivity contribution in [2.24, 2.45) is 10.3 Å². The van der Waals surface area contributed by atoms with Gasteiger partial charge in [-0.2, -0.15) is 5.11 Å². The molecule has 0 spiro atoms. The van der Waals surface area contributed by atoms with Crippen molar-refractivity contribution in [3.8, 4) is 0 Å². The van der Waals surface area contributed by atoms with Crippen LogP contribution < -0.4 is 5.01 Å². The van der Waals surface area contributed by atoms with Crippen molar-refractivity contribution in [1.82, 2.24) is 4.90 Å². The van der Waals surface area contributed by atoms with E-state index in [-0.39, 0.29) is 11.9 Å². The Labute approximate surface area is 155 Å². The number of halogens is 2. The summed E-state index contributed by atoms with van der Waals surface area (Å²) in [6, 6.07) is 12.3. The van der Waals surface area contributed by atoms with E-state index in [9.17, 15) is 4.39 Å². The Hall–Kier alpha value is -1.63. The molecule has 0 aliphatic carbocycles. The third-order valence-electron chi connectivity index (χ3n) is 4.81. The van der Waals surface area contributed by atoms with Gasteiger partial charge in [0.15, 0.2) is 5.66 Å². The van der Waals surface area contributed by atoms with Gasteiger partial charge in [-0.05, 0) is 63.0 Å². The van der Waals surface area contributed by atoms with Crippen molar-refractivity contribution in [3.05, 3.63) is 58.9 Å². The lowest BCUT2D eigenvalue weighted by atomic mass is 9.88. The number of hydrogen-bond donors (Lipinski definition) is 0. The number of thioether (sulfide) groups is 1. The molecule has 25 heavy (non-hydrogen) atoms. The fourth-order valence-electron chi connectivity index (χ4n) is 3.71. The minimum absolute atomic E-state index is 0.0280. The van der Waals surface area contributed by atoms with Crippen LogP contribution in [0.15, 0.2) is 57.7 Å². The van der Waals surface area contributed by atoms with Gasteiger partial charge in [0.25, 0.3) is 0 Å². The summed E-state index contributed by atoms with van der Waals surface area (Å²) >= 11 is 8.16. The number of nitrogens with zero attached hydrogens (tertiary/aromatic N) is 4. The van der Waals surface area contributed by atoms with Crippen molar-refractivity contribution in [3.63, 3.8) is 0 Å². The third-order valence-corrected chi connectivity index (χ3v) is 6.15. The number of likely N-dealkylation sites (N-methyl/N-ethyl adjacent to an activating group) is 1. The lowest BCUT2D eigenvalue weighted by Crippen LogP contribution is -2.57. The highest BCUT2D eigenvalue weighted by atomic mass is 35.5. The average Bonchev–Trinajstić information content (AvgIpc) is 2.89. The first kappa shape index (κ1) is 16.8. The fraction of sp³-hybridized carbons (Fsp3) is 0.333. The molecule has 2 atom stereocenters. The molecule has 2 aromatic rings. The number of hydrogen-bond acceptors (Lipinski definition) is 5. The second-order valence-corrected chi connectivity index (χ2v) is 7.98. The molecule has 2 unspecified atom stereocenters. The lowest BCUT2D eigenvalue weighted by Gasteiger charge is -2.45. The van der Waals surface area contributed by atoms with Gasteiger partial charge in [-0.3, -0.25) is 4.90 Å².